The molecule has 4 N–H and O–H groups in total. The summed E-state index contributed by atoms with van der Waals surface area (Å²) in [6, 6.07) is 0. The molecule has 0 aliphatic rings. The van der Waals surface area contributed by atoms with E-state index in [1.165, 1.54) is 6.33 Å². The molecular formula is C11H20N4O. The van der Waals surface area contributed by atoms with Gasteiger partial charge < -0.3 is 16.2 Å². The topological polar surface area (TPSA) is 84.1 Å². The minimum absolute atomic E-state index is 0.0521. The highest BCUT2D eigenvalue weighted by molar-refractivity contribution is 5.56. The Morgan fingerprint density at radius 1 is 1.44 bits per heavy atom. The van der Waals surface area contributed by atoms with E-state index in [0.29, 0.717) is 11.6 Å². The smallest absolute Gasteiger partial charge is 0.135 e. The number of aliphatic hydroxyl groups excluding tert-OH is 1. The molecule has 0 amide bonds. The van der Waals surface area contributed by atoms with E-state index >= 15 is 0 Å². The molecule has 0 aliphatic heterocycles. The van der Waals surface area contributed by atoms with Crippen molar-refractivity contribution in [3.8, 4) is 0 Å². The van der Waals surface area contributed by atoms with Crippen LogP contribution in [0, 0.1) is 0 Å². The van der Waals surface area contributed by atoms with Crippen molar-refractivity contribution in [2.45, 2.75) is 39.2 Å². The fourth-order valence-electron chi connectivity index (χ4n) is 1.41. The average Bonchev–Trinajstić information content (AvgIpc) is 2.29. The number of aliphatic hydroxyl groups is 1. The van der Waals surface area contributed by atoms with Crippen LogP contribution in [0.4, 0.5) is 11.6 Å². The maximum Gasteiger partial charge on any atom is 0.135 e. The maximum atomic E-state index is 9.34. The monoisotopic (exact) mass is 224 g/mol. The van der Waals surface area contributed by atoms with Gasteiger partial charge in [-0.25, -0.2) is 9.97 Å². The first-order chi connectivity index (χ1) is 7.56. The van der Waals surface area contributed by atoms with Crippen LogP contribution >= 0.6 is 0 Å². The lowest BCUT2D eigenvalue weighted by atomic mass is 10.00. The summed E-state index contributed by atoms with van der Waals surface area (Å²) in [7, 11) is 0. The van der Waals surface area contributed by atoms with Gasteiger partial charge in [0.2, 0.25) is 0 Å². The Morgan fingerprint density at radius 3 is 2.62 bits per heavy atom. The largest absolute Gasteiger partial charge is 0.394 e. The third kappa shape index (κ3) is 2.61. The fraction of sp³-hybridized carbons (Fsp3) is 0.636. The Bertz CT molecular complexity index is 350. The van der Waals surface area contributed by atoms with Crippen molar-refractivity contribution in [2.75, 3.05) is 17.7 Å². The number of anilines is 2. The number of nitrogens with two attached hydrogens (primary N) is 1. The summed E-state index contributed by atoms with van der Waals surface area (Å²) in [6.45, 7) is 6.02. The summed E-state index contributed by atoms with van der Waals surface area (Å²) >= 11 is 0. The van der Waals surface area contributed by atoms with Gasteiger partial charge >= 0.3 is 0 Å². The molecule has 0 aliphatic carbocycles. The van der Waals surface area contributed by atoms with Crippen LogP contribution in [0.2, 0.25) is 0 Å². The Labute approximate surface area is 96.1 Å². The second-order valence-electron chi connectivity index (χ2n) is 4.14. The van der Waals surface area contributed by atoms with E-state index in [9.17, 15) is 5.11 Å². The highest BCUT2D eigenvalue weighted by Crippen LogP contribution is 2.22. The van der Waals surface area contributed by atoms with Crippen molar-refractivity contribution < 1.29 is 5.11 Å². The second-order valence-corrected chi connectivity index (χ2v) is 4.14. The molecule has 0 saturated carbocycles. The lowest BCUT2D eigenvalue weighted by molar-refractivity contribution is 0.218. The molecule has 16 heavy (non-hydrogen) atoms. The minimum atomic E-state index is -0.370. The minimum Gasteiger partial charge on any atom is -0.394 e. The van der Waals surface area contributed by atoms with E-state index in [4.69, 9.17) is 5.73 Å². The van der Waals surface area contributed by atoms with Gasteiger partial charge in [-0.15, -0.1) is 0 Å². The third-order valence-electron chi connectivity index (χ3n) is 2.88. The summed E-state index contributed by atoms with van der Waals surface area (Å²) in [6.07, 6.45) is 3.00. The molecule has 0 fully saturated rings. The summed E-state index contributed by atoms with van der Waals surface area (Å²) in [5, 5.41) is 12.6. The van der Waals surface area contributed by atoms with Gasteiger partial charge in [-0.05, 0) is 19.8 Å². The zero-order valence-electron chi connectivity index (χ0n) is 10.1. The van der Waals surface area contributed by atoms with E-state index in [0.717, 1.165) is 18.4 Å². The number of aromatic nitrogens is 2. The molecule has 0 saturated heterocycles. The van der Waals surface area contributed by atoms with Crippen LogP contribution in [-0.4, -0.2) is 27.2 Å². The van der Waals surface area contributed by atoms with Crippen LogP contribution in [0.5, 0.6) is 0 Å². The molecule has 5 heteroatoms. The highest BCUT2D eigenvalue weighted by Gasteiger charge is 2.22. The zero-order valence-corrected chi connectivity index (χ0v) is 10.1. The van der Waals surface area contributed by atoms with Crippen LogP contribution in [0.3, 0.4) is 0 Å². The zero-order chi connectivity index (χ0) is 12.2. The quantitative estimate of drug-likeness (QED) is 0.699. The van der Waals surface area contributed by atoms with Gasteiger partial charge in [-0.3, -0.25) is 0 Å². The van der Waals surface area contributed by atoms with Gasteiger partial charge in [-0.2, -0.15) is 0 Å². The molecule has 90 valence electrons. The summed E-state index contributed by atoms with van der Waals surface area (Å²) < 4.78 is 0. The maximum absolute atomic E-state index is 9.34. The molecule has 1 aromatic heterocycles. The first kappa shape index (κ1) is 12.7. The van der Waals surface area contributed by atoms with Crippen molar-refractivity contribution in [3.05, 3.63) is 11.9 Å². The number of nitrogen functional groups attached to an aromatic ring is 1. The molecule has 1 aromatic rings. The molecule has 0 bridgehead atoms. The predicted octanol–water partition coefficient (Wildman–Crippen LogP) is 1.19. The number of rotatable bonds is 5. The van der Waals surface area contributed by atoms with Crippen LogP contribution in [0.25, 0.3) is 0 Å². The van der Waals surface area contributed by atoms with Crippen molar-refractivity contribution in [3.63, 3.8) is 0 Å². The standard InChI is InChI=1S/C11H20N4O/c1-4-8-9(12)13-7-14-10(8)15-11(3,5-2)6-16/h7,16H,4-6H2,1-3H3,(H3,12,13,14,15). The molecule has 0 spiro atoms. The number of nitrogens with one attached hydrogen (secondary N) is 1. The van der Waals surface area contributed by atoms with Crippen LogP contribution < -0.4 is 11.1 Å². The van der Waals surface area contributed by atoms with Gasteiger partial charge in [-0.1, -0.05) is 13.8 Å². The van der Waals surface area contributed by atoms with Crippen molar-refractivity contribution in [1.82, 2.24) is 9.97 Å². The molecule has 0 radical (unpaired) electrons. The Kier molecular flexibility index (Phi) is 4.06. The molecular weight excluding hydrogens is 204 g/mol. The molecule has 0 aromatic carbocycles. The van der Waals surface area contributed by atoms with E-state index in [-0.39, 0.29) is 12.1 Å². The highest BCUT2D eigenvalue weighted by atomic mass is 16.3. The Morgan fingerprint density at radius 2 is 2.12 bits per heavy atom. The molecule has 1 unspecified atom stereocenters. The van der Waals surface area contributed by atoms with E-state index in [1.54, 1.807) is 0 Å². The molecule has 1 rings (SSSR count). The first-order valence-corrected chi connectivity index (χ1v) is 5.54. The second kappa shape index (κ2) is 5.12. The van der Waals surface area contributed by atoms with Crippen molar-refractivity contribution in [1.29, 1.82) is 0 Å². The van der Waals surface area contributed by atoms with E-state index < -0.39 is 0 Å². The SMILES string of the molecule is CCc1c(N)ncnc1NC(C)(CC)CO. The normalized spacial score (nSPS) is 14.5. The average molecular weight is 224 g/mol. The summed E-state index contributed by atoms with van der Waals surface area (Å²) in [5.41, 5.74) is 6.31. The van der Waals surface area contributed by atoms with E-state index in [1.807, 2.05) is 20.8 Å². The third-order valence-corrected chi connectivity index (χ3v) is 2.88. The predicted molar refractivity (Wildman–Crippen MR) is 65.2 cm³/mol. The van der Waals surface area contributed by atoms with Crippen LogP contribution in [-0.2, 0) is 6.42 Å². The van der Waals surface area contributed by atoms with E-state index in [2.05, 4.69) is 15.3 Å². The number of nitrogens with zero attached hydrogens (tertiary/aromatic N) is 2. The molecule has 1 atom stereocenters. The van der Waals surface area contributed by atoms with Gasteiger partial charge in [0.15, 0.2) is 0 Å². The number of hydrogen-bond acceptors (Lipinski definition) is 5. The Hall–Kier alpha value is -1.36. The van der Waals surface area contributed by atoms with Gasteiger partial charge in [0, 0.05) is 5.56 Å². The van der Waals surface area contributed by atoms with Gasteiger partial charge in [0.1, 0.15) is 18.0 Å². The van der Waals surface area contributed by atoms with Gasteiger partial charge in [0.25, 0.3) is 0 Å². The van der Waals surface area contributed by atoms with Crippen molar-refractivity contribution >= 4 is 11.6 Å². The molecule has 1 heterocycles. The Balaban J connectivity index is 3.01. The number of hydrogen-bond donors (Lipinski definition) is 3. The lowest BCUT2D eigenvalue weighted by Gasteiger charge is -2.28. The van der Waals surface area contributed by atoms with Crippen molar-refractivity contribution in [2.24, 2.45) is 0 Å². The van der Waals surface area contributed by atoms with Crippen LogP contribution in [0.1, 0.15) is 32.8 Å². The summed E-state index contributed by atoms with van der Waals surface area (Å²) in [4.78, 5) is 8.13. The lowest BCUT2D eigenvalue weighted by Crippen LogP contribution is -2.38. The van der Waals surface area contributed by atoms with Crippen LogP contribution in [0.15, 0.2) is 6.33 Å². The summed E-state index contributed by atoms with van der Waals surface area (Å²) in [5.74, 6) is 1.21. The fourth-order valence-corrected chi connectivity index (χ4v) is 1.41. The van der Waals surface area contributed by atoms with Gasteiger partial charge in [0.05, 0.1) is 12.1 Å². The first-order valence-electron chi connectivity index (χ1n) is 5.54. The molecule has 5 nitrogen and oxygen atoms in total.